The minimum Gasteiger partial charge on any atom is -0.352 e. The molecule has 0 bridgehead atoms. The lowest BCUT2D eigenvalue weighted by atomic mass is 9.85. The van der Waals surface area contributed by atoms with E-state index in [0.29, 0.717) is 11.1 Å². The summed E-state index contributed by atoms with van der Waals surface area (Å²) < 4.78 is 0. The first-order chi connectivity index (χ1) is 32.9. The molecule has 0 unspecified atom stereocenters. The van der Waals surface area contributed by atoms with Gasteiger partial charge in [-0.15, -0.1) is 24.8 Å². The van der Waals surface area contributed by atoms with Crippen molar-refractivity contribution in [3.63, 3.8) is 0 Å². The second-order valence-electron chi connectivity index (χ2n) is 21.8. The molecule has 0 aromatic heterocycles. The number of likely N-dealkylation sites (N-methyl/N-ethyl adjacent to an activating group) is 2. The lowest BCUT2D eigenvalue weighted by Crippen LogP contribution is -2.59. The molecule has 2 fully saturated rings. The molecule has 6 amide bonds. The first-order valence-electron chi connectivity index (χ1n) is 25.4. The number of hydrogen-bond donors (Lipinski definition) is 6. The van der Waals surface area contributed by atoms with Crippen LogP contribution in [0.5, 0.6) is 0 Å². The molecule has 2 heterocycles. The zero-order valence-electron chi connectivity index (χ0n) is 44.4. The van der Waals surface area contributed by atoms with Crippen molar-refractivity contribution in [3.05, 3.63) is 70.8 Å². The van der Waals surface area contributed by atoms with Crippen LogP contribution >= 0.6 is 24.8 Å². The van der Waals surface area contributed by atoms with Gasteiger partial charge >= 0.3 is 0 Å². The minimum atomic E-state index is -0.957. The Morgan fingerprint density at radius 3 is 1.67 bits per heavy atom. The van der Waals surface area contributed by atoms with E-state index in [1.165, 1.54) is 15.4 Å². The predicted octanol–water partition coefficient (Wildman–Crippen LogP) is 5.35. The van der Waals surface area contributed by atoms with Gasteiger partial charge in [0.25, 0.3) is 0 Å². The van der Waals surface area contributed by atoms with Gasteiger partial charge in [0.15, 0.2) is 11.6 Å². The van der Waals surface area contributed by atoms with Gasteiger partial charge in [0.2, 0.25) is 35.4 Å². The number of fused-ring (bicyclic) bond motifs is 1. The van der Waals surface area contributed by atoms with Crippen LogP contribution in [0.4, 0.5) is 0 Å². The van der Waals surface area contributed by atoms with E-state index in [4.69, 9.17) is 0 Å². The molecular formula is C54H82Cl2N8O8. The van der Waals surface area contributed by atoms with E-state index >= 15 is 0 Å². The van der Waals surface area contributed by atoms with Crippen LogP contribution in [0, 0.1) is 29.1 Å². The Bertz CT molecular complexity index is 2250. The molecule has 72 heavy (non-hydrogen) atoms. The van der Waals surface area contributed by atoms with Crippen LogP contribution in [0.25, 0.3) is 0 Å². The summed E-state index contributed by atoms with van der Waals surface area (Å²) >= 11 is 0. The van der Waals surface area contributed by atoms with Crippen LogP contribution in [-0.4, -0.2) is 126 Å². The van der Waals surface area contributed by atoms with Gasteiger partial charge in [-0.1, -0.05) is 90.9 Å². The Labute approximate surface area is 439 Å². The van der Waals surface area contributed by atoms with Gasteiger partial charge in [0.05, 0.1) is 18.1 Å². The molecule has 2 aliphatic heterocycles. The fraction of sp³-hybridized carbons (Fsp3) is 0.630. The number of nitrogens with one attached hydrogen (secondary N) is 6. The molecule has 2 aromatic rings. The van der Waals surface area contributed by atoms with Crippen LogP contribution in [-0.2, 0) is 35.2 Å². The molecule has 16 nitrogen and oxygen atoms in total. The monoisotopic (exact) mass is 1040 g/mol. The maximum atomic E-state index is 14.7. The average Bonchev–Trinajstić information content (AvgIpc) is 3.95. The number of halogens is 2. The molecule has 3 aliphatic rings. The van der Waals surface area contributed by atoms with Gasteiger partial charge in [0.1, 0.15) is 24.2 Å². The Hall–Kier alpha value is -4.90. The number of rotatable bonds is 20. The molecule has 2 aromatic carbocycles. The third kappa shape index (κ3) is 15.3. The van der Waals surface area contributed by atoms with Crippen molar-refractivity contribution in [2.24, 2.45) is 29.1 Å². The number of benzene rings is 2. The highest BCUT2D eigenvalue weighted by atomic mass is 35.5. The summed E-state index contributed by atoms with van der Waals surface area (Å²) in [7, 11) is 3.32. The lowest BCUT2D eigenvalue weighted by molar-refractivity contribution is -0.144. The molecular weight excluding hydrogens is 960 g/mol. The number of hydrogen-bond acceptors (Lipinski definition) is 10. The molecule has 10 atom stereocenters. The number of aryl methyl sites for hydroxylation is 1. The van der Waals surface area contributed by atoms with E-state index in [9.17, 15) is 38.4 Å². The summed E-state index contributed by atoms with van der Waals surface area (Å²) in [6.45, 7) is 18.8. The van der Waals surface area contributed by atoms with E-state index in [2.05, 4.69) is 38.0 Å². The van der Waals surface area contributed by atoms with Crippen LogP contribution in [0.3, 0.4) is 0 Å². The number of amides is 6. The third-order valence-electron chi connectivity index (χ3n) is 14.7. The molecule has 0 radical (unpaired) electrons. The SMILES string of the molecule is CN[C@@H](C)C(=O)N[C@H](C(=O)N1C[C@@H](CC(=O)c2cccc(C(=O)C[C@H]3C[C@@H](C(=O)N[C@@H]4CCCc5ccccc54)N(C(=O)[C@@H](NC(=O)[C@H](C)NC)C(C)(C)C)C3)c2)C[C@H]1C(=O)N[C@H](C)C(C)C)C(C)C.Cl.Cl. The first kappa shape index (κ1) is 61.4. The number of nitrogens with zero attached hydrogens (tertiary/aromatic N) is 2. The molecule has 1 aliphatic carbocycles. The van der Waals surface area contributed by atoms with Crippen molar-refractivity contribution >= 4 is 71.8 Å². The summed E-state index contributed by atoms with van der Waals surface area (Å²) in [5.41, 5.74) is 2.14. The van der Waals surface area contributed by atoms with Gasteiger partial charge < -0.3 is 41.7 Å². The third-order valence-corrected chi connectivity index (χ3v) is 14.7. The Morgan fingerprint density at radius 2 is 1.15 bits per heavy atom. The van der Waals surface area contributed by atoms with Crippen molar-refractivity contribution in [2.45, 2.75) is 163 Å². The van der Waals surface area contributed by atoms with Gasteiger partial charge in [-0.25, -0.2) is 0 Å². The average molecular weight is 1040 g/mol. The first-order valence-corrected chi connectivity index (χ1v) is 25.4. The van der Waals surface area contributed by atoms with Crippen LogP contribution in [0.1, 0.15) is 146 Å². The van der Waals surface area contributed by atoms with Gasteiger partial charge in [-0.3, -0.25) is 38.4 Å². The smallest absolute Gasteiger partial charge is 0.246 e. The Balaban J connectivity index is 0.00000684. The van der Waals surface area contributed by atoms with Crippen molar-refractivity contribution < 1.29 is 38.4 Å². The molecule has 400 valence electrons. The highest BCUT2D eigenvalue weighted by molar-refractivity contribution is 6.02. The highest BCUT2D eigenvalue weighted by Crippen LogP contribution is 2.35. The van der Waals surface area contributed by atoms with Crippen molar-refractivity contribution in [1.29, 1.82) is 0 Å². The second kappa shape index (κ2) is 26.9. The normalized spacial score (nSPS) is 21.7. The number of ketones is 2. The van der Waals surface area contributed by atoms with E-state index in [0.717, 1.165) is 24.8 Å². The van der Waals surface area contributed by atoms with Crippen molar-refractivity contribution in [2.75, 3.05) is 27.2 Å². The van der Waals surface area contributed by atoms with E-state index in [-0.39, 0.29) is 135 Å². The number of Topliss-reactive ketones (excluding diaryl/α,β-unsaturated/α-hetero) is 2. The van der Waals surface area contributed by atoms with Crippen molar-refractivity contribution in [1.82, 2.24) is 41.7 Å². The zero-order valence-corrected chi connectivity index (χ0v) is 46.0. The van der Waals surface area contributed by atoms with Crippen LogP contribution < -0.4 is 31.9 Å². The molecule has 2 saturated heterocycles. The summed E-state index contributed by atoms with van der Waals surface area (Å²) in [6, 6.07) is 9.46. The summed E-state index contributed by atoms with van der Waals surface area (Å²) in [4.78, 5) is 115. The maximum absolute atomic E-state index is 14.7. The largest absolute Gasteiger partial charge is 0.352 e. The highest BCUT2D eigenvalue weighted by Gasteiger charge is 2.47. The maximum Gasteiger partial charge on any atom is 0.246 e. The fourth-order valence-corrected chi connectivity index (χ4v) is 9.73. The molecule has 6 N–H and O–H groups in total. The standard InChI is InChI=1S/C54H80N8O8.2ClH/c1-30(2)32(5)57-50(67)42-23-35(28-61(42)52(69)46(31(3)4)59-48(65)33(6)55-11)25-44(63)38-19-15-20-39(27-38)45(64)26-36-24-43(51(68)58-41-22-16-18-37-17-13-14-21-40(37)41)62(29-36)53(70)47(54(8,9)10)60-49(66)34(7)56-12;;/h13-15,17,19-21,27,30-36,41-43,46-47,55-56H,16,18,22-26,28-29H2,1-12H3,(H,57,67)(H,58,68)(H,59,65)(H,60,66);2*1H/t32-,33+,34+,35-,36-,41-,42+,43+,46+,47-;;/m1../s1. The molecule has 18 heteroatoms. The lowest BCUT2D eigenvalue weighted by Gasteiger charge is -2.36. The molecule has 5 rings (SSSR count). The number of carbonyl (C=O) groups is 8. The van der Waals surface area contributed by atoms with Gasteiger partial charge in [-0.2, -0.15) is 0 Å². The molecule has 0 spiro atoms. The predicted molar refractivity (Wildman–Crippen MR) is 284 cm³/mol. The number of likely N-dealkylation sites (tertiary alicyclic amines) is 2. The van der Waals surface area contributed by atoms with E-state index in [1.54, 1.807) is 52.2 Å². The minimum absolute atomic E-state index is 0. The van der Waals surface area contributed by atoms with E-state index < -0.39 is 53.5 Å². The Kier molecular flexibility index (Phi) is 22.9. The molecule has 0 saturated carbocycles. The van der Waals surface area contributed by atoms with Crippen LogP contribution in [0.15, 0.2) is 48.5 Å². The van der Waals surface area contributed by atoms with E-state index in [1.807, 2.05) is 73.6 Å². The van der Waals surface area contributed by atoms with Crippen LogP contribution in [0.2, 0.25) is 0 Å². The van der Waals surface area contributed by atoms with Crippen molar-refractivity contribution in [3.8, 4) is 0 Å². The summed E-state index contributed by atoms with van der Waals surface area (Å²) in [6.07, 6.45) is 3.06. The second-order valence-corrected chi connectivity index (χ2v) is 21.8. The topological polar surface area (TPSA) is 215 Å². The summed E-state index contributed by atoms with van der Waals surface area (Å²) in [5.74, 6) is -3.53. The number of carbonyl (C=O) groups excluding carboxylic acids is 8. The fourth-order valence-electron chi connectivity index (χ4n) is 9.73. The van der Waals surface area contributed by atoms with Gasteiger partial charge in [0, 0.05) is 43.1 Å². The van der Waals surface area contributed by atoms with Gasteiger partial charge in [-0.05, 0) is 113 Å². The Morgan fingerprint density at radius 1 is 0.639 bits per heavy atom. The quantitative estimate of drug-likeness (QED) is 0.0936. The summed E-state index contributed by atoms with van der Waals surface area (Å²) in [5, 5.41) is 17.9. The zero-order chi connectivity index (χ0) is 51.8.